The van der Waals surface area contributed by atoms with Crippen LogP contribution >= 0.6 is 11.6 Å². The minimum absolute atomic E-state index is 0.0302. The van der Waals surface area contributed by atoms with E-state index < -0.39 is 0 Å². The second kappa shape index (κ2) is 4.48. The second-order valence-electron chi connectivity index (χ2n) is 4.15. The second-order valence-corrected chi connectivity index (χ2v) is 4.58. The number of rotatable bonds is 3. The van der Waals surface area contributed by atoms with Gasteiger partial charge in [0, 0.05) is 5.92 Å². The van der Waals surface area contributed by atoms with Gasteiger partial charge in [-0.15, -0.1) is 0 Å². The first-order valence-electron chi connectivity index (χ1n) is 4.90. The van der Waals surface area contributed by atoms with Gasteiger partial charge < -0.3 is 4.74 Å². The molecule has 0 bridgehead atoms. The first-order chi connectivity index (χ1) is 5.65. The molecule has 0 aliphatic carbocycles. The molecule has 1 heterocycles. The van der Waals surface area contributed by atoms with Crippen molar-refractivity contribution in [1.82, 2.24) is 0 Å². The Hall–Kier alpha value is 0.250. The summed E-state index contributed by atoms with van der Waals surface area (Å²) in [6.45, 7) is 7.57. The Balaban J connectivity index is 2.46. The molecule has 72 valence electrons. The fourth-order valence-corrected chi connectivity index (χ4v) is 2.32. The molecule has 1 aliphatic rings. The summed E-state index contributed by atoms with van der Waals surface area (Å²) < 4.78 is 5.44. The molecule has 12 heavy (non-hydrogen) atoms. The normalized spacial score (nSPS) is 36.2. The summed E-state index contributed by atoms with van der Waals surface area (Å²) in [5, 5.41) is 0. The van der Waals surface area contributed by atoms with E-state index in [9.17, 15) is 0 Å². The Morgan fingerprint density at radius 3 is 2.67 bits per heavy atom. The van der Waals surface area contributed by atoms with Crippen LogP contribution in [0, 0.1) is 17.8 Å². The summed E-state index contributed by atoms with van der Waals surface area (Å²) in [5.41, 5.74) is -0.0302. The van der Waals surface area contributed by atoms with E-state index in [1.54, 1.807) is 0 Å². The lowest BCUT2D eigenvalue weighted by Gasteiger charge is -2.20. The molecular formula is C10H19ClO. The molecule has 0 radical (unpaired) electrons. The summed E-state index contributed by atoms with van der Waals surface area (Å²) in [5.74, 6) is 2.00. The molecule has 1 rings (SSSR count). The Morgan fingerprint density at radius 2 is 2.17 bits per heavy atom. The number of halogens is 1. The van der Waals surface area contributed by atoms with E-state index in [0.29, 0.717) is 11.8 Å². The highest BCUT2D eigenvalue weighted by Gasteiger charge is 2.34. The van der Waals surface area contributed by atoms with Crippen LogP contribution in [0.1, 0.15) is 33.6 Å². The van der Waals surface area contributed by atoms with Crippen LogP contribution in [-0.4, -0.2) is 12.2 Å². The Morgan fingerprint density at radius 1 is 1.50 bits per heavy atom. The molecule has 1 nitrogen and oxygen atoms in total. The monoisotopic (exact) mass is 190 g/mol. The van der Waals surface area contributed by atoms with E-state index in [0.717, 1.165) is 12.5 Å². The van der Waals surface area contributed by atoms with E-state index in [2.05, 4.69) is 20.8 Å². The quantitative estimate of drug-likeness (QED) is 0.621. The van der Waals surface area contributed by atoms with Crippen LogP contribution in [0.4, 0.5) is 0 Å². The zero-order chi connectivity index (χ0) is 9.14. The zero-order valence-electron chi connectivity index (χ0n) is 8.22. The van der Waals surface area contributed by atoms with Crippen molar-refractivity contribution in [2.24, 2.45) is 17.8 Å². The molecule has 3 atom stereocenters. The van der Waals surface area contributed by atoms with Crippen molar-refractivity contribution in [1.29, 1.82) is 0 Å². The summed E-state index contributed by atoms with van der Waals surface area (Å²) >= 11 is 6.07. The standard InChI is InChI=1S/C10H19ClO/c1-4-8-6-12-10(11)9(8)5-7(2)3/h7-10H,4-6H2,1-3H3. The minimum Gasteiger partial charge on any atom is -0.362 e. The maximum Gasteiger partial charge on any atom is 0.134 e. The van der Waals surface area contributed by atoms with Crippen LogP contribution in [0.25, 0.3) is 0 Å². The van der Waals surface area contributed by atoms with E-state index in [1.807, 2.05) is 0 Å². The fourth-order valence-electron chi connectivity index (χ4n) is 1.94. The van der Waals surface area contributed by atoms with E-state index in [4.69, 9.17) is 16.3 Å². The number of alkyl halides is 1. The summed E-state index contributed by atoms with van der Waals surface area (Å²) in [6, 6.07) is 0. The van der Waals surface area contributed by atoms with Crippen molar-refractivity contribution in [2.45, 2.75) is 39.2 Å². The van der Waals surface area contributed by atoms with Gasteiger partial charge in [0.15, 0.2) is 0 Å². The Kier molecular flexibility index (Phi) is 3.85. The predicted octanol–water partition coefficient (Wildman–Crippen LogP) is 3.27. The van der Waals surface area contributed by atoms with Gasteiger partial charge in [-0.3, -0.25) is 0 Å². The topological polar surface area (TPSA) is 9.23 Å². The molecule has 1 aliphatic heterocycles. The van der Waals surface area contributed by atoms with Gasteiger partial charge in [-0.25, -0.2) is 0 Å². The lowest BCUT2D eigenvalue weighted by atomic mass is 9.86. The number of hydrogen-bond donors (Lipinski definition) is 0. The predicted molar refractivity (Wildman–Crippen MR) is 52.3 cm³/mol. The van der Waals surface area contributed by atoms with Crippen molar-refractivity contribution in [3.05, 3.63) is 0 Å². The van der Waals surface area contributed by atoms with Crippen molar-refractivity contribution in [3.63, 3.8) is 0 Å². The third-order valence-corrected chi connectivity index (χ3v) is 3.13. The SMILES string of the molecule is CCC1COC(Cl)C1CC(C)C. The largest absolute Gasteiger partial charge is 0.362 e. The van der Waals surface area contributed by atoms with Crippen molar-refractivity contribution < 1.29 is 4.74 Å². The van der Waals surface area contributed by atoms with Gasteiger partial charge in [0.25, 0.3) is 0 Å². The highest BCUT2D eigenvalue weighted by molar-refractivity contribution is 6.20. The average Bonchev–Trinajstić information content (AvgIpc) is 2.32. The average molecular weight is 191 g/mol. The molecule has 0 amide bonds. The maximum absolute atomic E-state index is 6.07. The smallest absolute Gasteiger partial charge is 0.134 e. The molecule has 0 aromatic heterocycles. The van der Waals surface area contributed by atoms with Gasteiger partial charge in [0.05, 0.1) is 6.61 Å². The molecular weight excluding hydrogens is 172 g/mol. The van der Waals surface area contributed by atoms with Crippen LogP contribution in [0.3, 0.4) is 0 Å². The summed E-state index contributed by atoms with van der Waals surface area (Å²) in [4.78, 5) is 0. The Labute approximate surface area is 80.4 Å². The lowest BCUT2D eigenvalue weighted by molar-refractivity contribution is 0.146. The van der Waals surface area contributed by atoms with Crippen molar-refractivity contribution >= 4 is 11.6 Å². The summed E-state index contributed by atoms with van der Waals surface area (Å²) in [6.07, 6.45) is 2.40. The lowest BCUT2D eigenvalue weighted by Crippen LogP contribution is -2.17. The summed E-state index contributed by atoms with van der Waals surface area (Å²) in [7, 11) is 0. The van der Waals surface area contributed by atoms with Gasteiger partial charge in [-0.1, -0.05) is 38.8 Å². The highest BCUT2D eigenvalue weighted by Crippen LogP contribution is 2.35. The van der Waals surface area contributed by atoms with Crippen molar-refractivity contribution in [2.75, 3.05) is 6.61 Å². The van der Waals surface area contributed by atoms with Crippen LogP contribution in [-0.2, 0) is 4.74 Å². The van der Waals surface area contributed by atoms with Crippen LogP contribution in [0.5, 0.6) is 0 Å². The number of hydrogen-bond acceptors (Lipinski definition) is 1. The molecule has 1 fully saturated rings. The first-order valence-corrected chi connectivity index (χ1v) is 5.34. The molecule has 0 N–H and O–H groups in total. The van der Waals surface area contributed by atoms with Gasteiger partial charge in [0.2, 0.25) is 0 Å². The molecule has 0 saturated carbocycles. The molecule has 2 heteroatoms. The fraction of sp³-hybridized carbons (Fsp3) is 1.00. The van der Waals surface area contributed by atoms with Crippen molar-refractivity contribution in [3.8, 4) is 0 Å². The van der Waals surface area contributed by atoms with Crippen LogP contribution in [0.15, 0.2) is 0 Å². The van der Waals surface area contributed by atoms with Gasteiger partial charge in [-0.05, 0) is 18.3 Å². The van der Waals surface area contributed by atoms with Gasteiger partial charge in [-0.2, -0.15) is 0 Å². The molecule has 0 aromatic rings. The van der Waals surface area contributed by atoms with E-state index >= 15 is 0 Å². The van der Waals surface area contributed by atoms with Crippen LogP contribution < -0.4 is 0 Å². The van der Waals surface area contributed by atoms with E-state index in [-0.39, 0.29) is 5.56 Å². The van der Waals surface area contributed by atoms with Gasteiger partial charge in [0.1, 0.15) is 5.56 Å². The minimum atomic E-state index is -0.0302. The molecule has 0 aromatic carbocycles. The third kappa shape index (κ3) is 2.37. The maximum atomic E-state index is 6.07. The highest BCUT2D eigenvalue weighted by atomic mass is 35.5. The zero-order valence-corrected chi connectivity index (χ0v) is 8.97. The molecule has 0 spiro atoms. The Bertz CT molecular complexity index is 136. The molecule has 1 saturated heterocycles. The number of ether oxygens (including phenoxy) is 1. The van der Waals surface area contributed by atoms with E-state index in [1.165, 1.54) is 12.8 Å². The van der Waals surface area contributed by atoms with Crippen LogP contribution in [0.2, 0.25) is 0 Å². The molecule has 3 unspecified atom stereocenters. The first kappa shape index (κ1) is 10.3. The third-order valence-electron chi connectivity index (χ3n) is 2.68. The van der Waals surface area contributed by atoms with Gasteiger partial charge >= 0.3 is 0 Å².